The zero-order valence-corrected chi connectivity index (χ0v) is 2.32. The van der Waals surface area contributed by atoms with Crippen LogP contribution in [0.3, 0.4) is 0 Å². The number of nitrogens with one attached hydrogen (secondary N) is 1. The third kappa shape index (κ3) is 2.96. The summed E-state index contributed by atoms with van der Waals surface area (Å²) >= 11 is 0. The molecule has 0 atom stereocenters. The predicted molar refractivity (Wildman–Crippen MR) is 15.0 cm³/mol. The molecule has 5 heavy (non-hydrogen) atoms. The standard InChI is InChI=1S/C2HNO2/c4-2-1-3-5/h3H. The normalized spacial score (nSPS) is 4.00. The van der Waals surface area contributed by atoms with Gasteiger partial charge in [0.05, 0.1) is 0 Å². The van der Waals surface area contributed by atoms with Crippen molar-refractivity contribution in [2.24, 2.45) is 0 Å². The number of hydrogen-bond acceptors (Lipinski definition) is 2. The summed E-state index contributed by atoms with van der Waals surface area (Å²) in [5.74, 6) is 2.59. The van der Waals surface area contributed by atoms with Crippen molar-refractivity contribution in [1.82, 2.24) is 0 Å². The van der Waals surface area contributed by atoms with Gasteiger partial charge in [0.1, 0.15) is 0 Å². The van der Waals surface area contributed by atoms with Gasteiger partial charge < -0.3 is 5.21 Å². The minimum Gasteiger partial charge on any atom is -0.616 e. The first kappa shape index (κ1) is 3.96. The van der Waals surface area contributed by atoms with Crippen LogP contribution >= 0.6 is 0 Å². The Hall–Kier alpha value is -1.04. The SMILES string of the molecule is O=C=C=[NH+][O-]. The Labute approximate surface area is 28.2 Å². The van der Waals surface area contributed by atoms with E-state index in [1.807, 2.05) is 0 Å². The highest BCUT2D eigenvalue weighted by atomic mass is 16.4. The van der Waals surface area contributed by atoms with Crippen LogP contribution in [0, 0.1) is 5.21 Å². The summed E-state index contributed by atoms with van der Waals surface area (Å²) in [6.45, 7) is 0. The predicted octanol–water partition coefficient (Wildman–Crippen LogP) is -2.38. The Bertz CT molecular complexity index is 85.8. The van der Waals surface area contributed by atoms with Crippen molar-refractivity contribution in [2.75, 3.05) is 0 Å². The molecule has 0 saturated carbocycles. The topological polar surface area (TPSA) is 54.1 Å². The van der Waals surface area contributed by atoms with Gasteiger partial charge in [-0.2, -0.15) is 5.16 Å². The zero-order valence-electron chi connectivity index (χ0n) is 2.32. The lowest BCUT2D eigenvalue weighted by Gasteiger charge is -1.56. The van der Waals surface area contributed by atoms with Crippen LogP contribution in [-0.2, 0) is 4.79 Å². The lowest BCUT2D eigenvalue weighted by molar-refractivity contribution is -0.363. The molecule has 0 aromatic heterocycles. The average molecular weight is 71.0 g/mol. The van der Waals surface area contributed by atoms with Crippen molar-refractivity contribution in [2.45, 2.75) is 0 Å². The van der Waals surface area contributed by atoms with Crippen molar-refractivity contribution >= 4 is 11.8 Å². The van der Waals surface area contributed by atoms with Crippen LogP contribution < -0.4 is 5.16 Å². The van der Waals surface area contributed by atoms with Gasteiger partial charge in [-0.3, -0.25) is 0 Å². The molecule has 3 nitrogen and oxygen atoms in total. The van der Waals surface area contributed by atoms with Gasteiger partial charge >= 0.3 is 0 Å². The third-order valence-electron chi connectivity index (χ3n) is 0.102. The van der Waals surface area contributed by atoms with Crippen LogP contribution in [0.25, 0.3) is 0 Å². The van der Waals surface area contributed by atoms with Crippen molar-refractivity contribution < 1.29 is 9.95 Å². The highest BCUT2D eigenvalue weighted by Gasteiger charge is 1.38. The molecule has 0 aliphatic heterocycles. The Balaban J connectivity index is 3.75. The van der Waals surface area contributed by atoms with E-state index in [2.05, 4.69) is 0 Å². The first-order valence-corrected chi connectivity index (χ1v) is 0.908. The van der Waals surface area contributed by atoms with Crippen molar-refractivity contribution in [3.63, 3.8) is 0 Å². The molecule has 0 aliphatic carbocycles. The van der Waals surface area contributed by atoms with Crippen LogP contribution in [0.5, 0.6) is 0 Å². The van der Waals surface area contributed by atoms with E-state index in [1.54, 1.807) is 0 Å². The summed E-state index contributed by atoms with van der Waals surface area (Å²) in [7, 11) is 0. The van der Waals surface area contributed by atoms with E-state index < -0.39 is 0 Å². The molecule has 26 valence electrons. The van der Waals surface area contributed by atoms with Gasteiger partial charge in [0.15, 0.2) is 0 Å². The first-order chi connectivity index (χ1) is 2.41. The van der Waals surface area contributed by atoms with Gasteiger partial charge in [-0.1, -0.05) is 0 Å². The molecule has 0 unspecified atom stereocenters. The minimum atomic E-state index is 1.09. The molecule has 3 heteroatoms. The van der Waals surface area contributed by atoms with E-state index in [1.165, 1.54) is 5.87 Å². The lowest BCUT2D eigenvalue weighted by Crippen LogP contribution is -2.58. The van der Waals surface area contributed by atoms with Crippen molar-refractivity contribution in [1.29, 1.82) is 0 Å². The molecule has 0 aromatic carbocycles. The van der Waals surface area contributed by atoms with E-state index in [0.717, 1.165) is 11.1 Å². The fourth-order valence-electron chi connectivity index (χ4n) is 0.0208. The van der Waals surface area contributed by atoms with Gasteiger partial charge in [0.2, 0.25) is 5.94 Å². The molecule has 0 aliphatic rings. The second kappa shape index (κ2) is 2.96. The number of carbonyl (C=O) groups excluding carboxylic acids is 1. The van der Waals surface area contributed by atoms with Crippen LogP contribution in [0.4, 0.5) is 0 Å². The van der Waals surface area contributed by atoms with Crippen LogP contribution in [0.15, 0.2) is 0 Å². The summed E-state index contributed by atoms with van der Waals surface area (Å²) < 4.78 is 0. The van der Waals surface area contributed by atoms with E-state index in [0.29, 0.717) is 0 Å². The van der Waals surface area contributed by atoms with E-state index in [4.69, 9.17) is 10.0 Å². The highest BCUT2D eigenvalue weighted by Crippen LogP contribution is 0.854. The van der Waals surface area contributed by atoms with E-state index >= 15 is 0 Å². The fourth-order valence-corrected chi connectivity index (χ4v) is 0.0208. The molecule has 1 N–H and O–H groups in total. The van der Waals surface area contributed by atoms with E-state index in [-0.39, 0.29) is 0 Å². The maximum absolute atomic E-state index is 8.91. The smallest absolute Gasteiger partial charge is 0.276 e. The second-order valence-corrected chi connectivity index (χ2v) is 0.329. The van der Waals surface area contributed by atoms with Crippen LogP contribution in [0.1, 0.15) is 0 Å². The zero-order chi connectivity index (χ0) is 4.12. The van der Waals surface area contributed by atoms with Crippen molar-refractivity contribution in [3.8, 4) is 0 Å². The van der Waals surface area contributed by atoms with Crippen molar-refractivity contribution in [3.05, 3.63) is 5.21 Å². The van der Waals surface area contributed by atoms with Crippen LogP contribution in [-0.4, -0.2) is 11.8 Å². The van der Waals surface area contributed by atoms with Crippen LogP contribution in [0.2, 0.25) is 0 Å². The summed E-state index contributed by atoms with van der Waals surface area (Å²) in [5.41, 5.74) is 0. The molecule has 0 heterocycles. The highest BCUT2D eigenvalue weighted by molar-refractivity contribution is 5.81. The van der Waals surface area contributed by atoms with Gasteiger partial charge in [-0.15, -0.1) is 0 Å². The number of rotatable bonds is 0. The quantitative estimate of drug-likeness (QED) is 0.150. The monoisotopic (exact) mass is 71.0 g/mol. The minimum absolute atomic E-state index is 1.09. The molecular weight excluding hydrogens is 70.0 g/mol. The summed E-state index contributed by atoms with van der Waals surface area (Å²) in [6, 6.07) is 0. The molecule has 0 saturated heterocycles. The Morgan fingerprint density at radius 1 is 1.80 bits per heavy atom. The maximum Gasteiger partial charge on any atom is 0.276 e. The summed E-state index contributed by atoms with van der Waals surface area (Å²) in [6.07, 6.45) is 0. The molecule has 0 spiro atoms. The molecule has 0 radical (unpaired) electrons. The Morgan fingerprint density at radius 3 is 2.40 bits per heavy atom. The molecule has 0 aromatic rings. The summed E-state index contributed by atoms with van der Waals surface area (Å²) in [5, 5.41) is 10.0. The Kier molecular flexibility index (Phi) is 2.34. The van der Waals surface area contributed by atoms with E-state index in [9.17, 15) is 0 Å². The largest absolute Gasteiger partial charge is 0.616 e. The van der Waals surface area contributed by atoms with Gasteiger partial charge in [-0.25, -0.2) is 4.79 Å². The van der Waals surface area contributed by atoms with Gasteiger partial charge in [0.25, 0.3) is 5.87 Å². The lowest BCUT2D eigenvalue weighted by atomic mass is 11.2. The third-order valence-corrected chi connectivity index (χ3v) is 0.102. The molecule has 0 rings (SSSR count). The summed E-state index contributed by atoms with van der Waals surface area (Å²) in [4.78, 5) is 8.91. The van der Waals surface area contributed by atoms with Gasteiger partial charge in [-0.05, 0) is 0 Å². The molecular formula is C2HNO2. The first-order valence-electron chi connectivity index (χ1n) is 0.908. The molecule has 0 bridgehead atoms. The molecule has 0 amide bonds. The Morgan fingerprint density at radius 2 is 2.40 bits per heavy atom. The maximum atomic E-state index is 8.91. The fraction of sp³-hybridized carbons (Fsp3) is 0. The second-order valence-electron chi connectivity index (χ2n) is 0.329. The molecule has 0 fully saturated rings. The average Bonchev–Trinajstić information content (AvgIpc) is 1.41. The van der Waals surface area contributed by atoms with Gasteiger partial charge in [0, 0.05) is 0 Å². The number of hydrogen-bond donors (Lipinski definition) is 1.